The van der Waals surface area contributed by atoms with Crippen LogP contribution in [0.4, 0.5) is 0 Å². The predicted molar refractivity (Wildman–Crippen MR) is 94.1 cm³/mol. The zero-order chi connectivity index (χ0) is 18.6. The molecule has 0 aliphatic carbocycles. The Bertz CT molecular complexity index is 618. The van der Waals surface area contributed by atoms with Crippen molar-refractivity contribution in [1.82, 2.24) is 4.90 Å². The molecule has 1 saturated heterocycles. The quantitative estimate of drug-likeness (QED) is 0.819. The summed E-state index contributed by atoms with van der Waals surface area (Å²) in [6.07, 6.45) is 0.961. The van der Waals surface area contributed by atoms with Gasteiger partial charge in [-0.3, -0.25) is 4.79 Å². The summed E-state index contributed by atoms with van der Waals surface area (Å²) < 4.78 is 11.1. The maximum atomic E-state index is 12.7. The SMILES string of the molecule is Cc1cc(C(=O)N2CCC(OCC(C)C)C2)cc(C)c1OCC(=O)O. The summed E-state index contributed by atoms with van der Waals surface area (Å²) >= 11 is 0. The smallest absolute Gasteiger partial charge is 0.341 e. The van der Waals surface area contributed by atoms with E-state index in [0.717, 1.165) is 17.5 Å². The zero-order valence-electron chi connectivity index (χ0n) is 15.4. The van der Waals surface area contributed by atoms with Crippen LogP contribution in [0.15, 0.2) is 12.1 Å². The Labute approximate surface area is 148 Å². The van der Waals surface area contributed by atoms with Gasteiger partial charge in [0.05, 0.1) is 6.10 Å². The van der Waals surface area contributed by atoms with Crippen molar-refractivity contribution in [2.24, 2.45) is 5.92 Å². The number of carboxylic acids is 1. The van der Waals surface area contributed by atoms with Gasteiger partial charge in [-0.25, -0.2) is 4.79 Å². The van der Waals surface area contributed by atoms with Crippen molar-refractivity contribution in [3.05, 3.63) is 28.8 Å². The van der Waals surface area contributed by atoms with E-state index < -0.39 is 12.6 Å². The Hall–Kier alpha value is -2.08. The van der Waals surface area contributed by atoms with Gasteiger partial charge in [-0.1, -0.05) is 13.8 Å². The van der Waals surface area contributed by atoms with E-state index in [1.54, 1.807) is 12.1 Å². The summed E-state index contributed by atoms with van der Waals surface area (Å²) in [6.45, 7) is 9.47. The van der Waals surface area contributed by atoms with E-state index in [1.807, 2.05) is 18.7 Å². The third-order valence-electron chi connectivity index (χ3n) is 4.14. The molecule has 6 heteroatoms. The van der Waals surface area contributed by atoms with Gasteiger partial charge in [-0.05, 0) is 49.4 Å². The molecule has 1 aliphatic heterocycles. The lowest BCUT2D eigenvalue weighted by atomic mass is 10.0. The summed E-state index contributed by atoms with van der Waals surface area (Å²) in [5.74, 6) is -0.0398. The minimum atomic E-state index is -1.02. The molecule has 1 atom stereocenters. The molecule has 2 rings (SSSR count). The second kappa shape index (κ2) is 8.34. The Morgan fingerprint density at radius 2 is 1.92 bits per heavy atom. The number of aryl methyl sites for hydroxylation is 2. The highest BCUT2D eigenvalue weighted by molar-refractivity contribution is 5.95. The van der Waals surface area contributed by atoms with E-state index in [0.29, 0.717) is 36.9 Å². The van der Waals surface area contributed by atoms with Crippen LogP contribution in [0.2, 0.25) is 0 Å². The average Bonchev–Trinajstić information content (AvgIpc) is 2.99. The van der Waals surface area contributed by atoms with Crippen LogP contribution in [-0.2, 0) is 9.53 Å². The molecule has 1 fully saturated rings. The molecule has 1 unspecified atom stereocenters. The molecule has 138 valence electrons. The second-order valence-electron chi connectivity index (χ2n) is 7.01. The number of rotatable bonds is 7. The van der Waals surface area contributed by atoms with Gasteiger partial charge < -0.3 is 19.5 Å². The standard InChI is InChI=1S/C19H27NO5/c1-12(2)10-24-16-5-6-20(9-16)19(23)15-7-13(3)18(14(4)8-15)25-11-17(21)22/h7-8,12,16H,5-6,9-11H2,1-4H3,(H,21,22). The molecule has 0 aromatic heterocycles. The number of hydrogen-bond donors (Lipinski definition) is 1. The topological polar surface area (TPSA) is 76.1 Å². The molecule has 1 aromatic carbocycles. The fourth-order valence-corrected chi connectivity index (χ4v) is 3.00. The number of ether oxygens (including phenoxy) is 2. The highest BCUT2D eigenvalue weighted by Crippen LogP contribution is 2.26. The zero-order valence-corrected chi connectivity index (χ0v) is 15.4. The first-order valence-corrected chi connectivity index (χ1v) is 8.64. The molecule has 0 radical (unpaired) electrons. The number of hydrogen-bond acceptors (Lipinski definition) is 4. The van der Waals surface area contributed by atoms with Crippen LogP contribution < -0.4 is 4.74 Å². The van der Waals surface area contributed by atoms with Crippen molar-refractivity contribution in [3.8, 4) is 5.75 Å². The number of carbonyl (C=O) groups excluding carboxylic acids is 1. The molecule has 0 saturated carbocycles. The number of nitrogens with zero attached hydrogens (tertiary/aromatic N) is 1. The Kier molecular flexibility index (Phi) is 6.42. The van der Waals surface area contributed by atoms with Crippen molar-refractivity contribution in [3.63, 3.8) is 0 Å². The van der Waals surface area contributed by atoms with Crippen molar-refractivity contribution < 1.29 is 24.2 Å². The second-order valence-corrected chi connectivity index (χ2v) is 7.01. The highest BCUT2D eigenvalue weighted by atomic mass is 16.5. The molecule has 0 spiro atoms. The molecule has 1 heterocycles. The Morgan fingerprint density at radius 1 is 1.28 bits per heavy atom. The van der Waals surface area contributed by atoms with Gasteiger partial charge in [-0.2, -0.15) is 0 Å². The van der Waals surface area contributed by atoms with Gasteiger partial charge in [0, 0.05) is 25.3 Å². The van der Waals surface area contributed by atoms with Crippen molar-refractivity contribution in [2.75, 3.05) is 26.3 Å². The van der Waals surface area contributed by atoms with Crippen LogP contribution in [0, 0.1) is 19.8 Å². The van der Waals surface area contributed by atoms with Gasteiger partial charge in [-0.15, -0.1) is 0 Å². The minimum absolute atomic E-state index is 0.0216. The van der Waals surface area contributed by atoms with Crippen LogP contribution in [-0.4, -0.2) is 54.3 Å². The van der Waals surface area contributed by atoms with Crippen molar-refractivity contribution in [2.45, 2.75) is 40.2 Å². The highest BCUT2D eigenvalue weighted by Gasteiger charge is 2.28. The fraction of sp³-hybridized carbons (Fsp3) is 0.579. The van der Waals surface area contributed by atoms with E-state index in [4.69, 9.17) is 14.6 Å². The van der Waals surface area contributed by atoms with Crippen LogP contribution in [0.1, 0.15) is 41.8 Å². The first kappa shape index (κ1) is 19.2. The number of carbonyl (C=O) groups is 2. The molecule has 1 aliphatic rings. The molecule has 1 aromatic rings. The van der Waals surface area contributed by atoms with Crippen LogP contribution in [0.25, 0.3) is 0 Å². The average molecular weight is 349 g/mol. The fourth-order valence-electron chi connectivity index (χ4n) is 3.00. The predicted octanol–water partition coefficient (Wildman–Crippen LogP) is 2.65. The normalized spacial score (nSPS) is 17.2. The summed E-state index contributed by atoms with van der Waals surface area (Å²) in [5.41, 5.74) is 2.12. The van der Waals surface area contributed by atoms with Gasteiger partial charge >= 0.3 is 5.97 Å². The van der Waals surface area contributed by atoms with Crippen LogP contribution in [0.5, 0.6) is 5.75 Å². The molecule has 1 amide bonds. The van der Waals surface area contributed by atoms with E-state index >= 15 is 0 Å². The lowest BCUT2D eigenvalue weighted by molar-refractivity contribution is -0.139. The number of amides is 1. The van der Waals surface area contributed by atoms with Crippen LogP contribution >= 0.6 is 0 Å². The maximum Gasteiger partial charge on any atom is 0.341 e. The third-order valence-corrected chi connectivity index (χ3v) is 4.14. The van der Waals surface area contributed by atoms with Crippen molar-refractivity contribution in [1.29, 1.82) is 0 Å². The number of benzene rings is 1. The van der Waals surface area contributed by atoms with Crippen LogP contribution in [0.3, 0.4) is 0 Å². The molecule has 6 nitrogen and oxygen atoms in total. The largest absolute Gasteiger partial charge is 0.481 e. The van der Waals surface area contributed by atoms with Gasteiger partial charge in [0.1, 0.15) is 5.75 Å². The number of aliphatic carboxylic acids is 1. The summed E-state index contributed by atoms with van der Waals surface area (Å²) in [5, 5.41) is 8.75. The Balaban J connectivity index is 2.04. The van der Waals surface area contributed by atoms with Gasteiger partial charge in [0.15, 0.2) is 6.61 Å². The molecular weight excluding hydrogens is 322 g/mol. The van der Waals surface area contributed by atoms with E-state index in [9.17, 15) is 9.59 Å². The number of carboxylic acid groups (broad SMARTS) is 1. The number of likely N-dealkylation sites (tertiary alicyclic amines) is 1. The van der Waals surface area contributed by atoms with Gasteiger partial charge in [0.2, 0.25) is 0 Å². The van der Waals surface area contributed by atoms with E-state index in [-0.39, 0.29) is 12.0 Å². The lowest BCUT2D eigenvalue weighted by Gasteiger charge is -2.19. The van der Waals surface area contributed by atoms with Gasteiger partial charge in [0.25, 0.3) is 5.91 Å². The summed E-state index contributed by atoms with van der Waals surface area (Å²) in [4.78, 5) is 25.2. The van der Waals surface area contributed by atoms with Crippen molar-refractivity contribution >= 4 is 11.9 Å². The van der Waals surface area contributed by atoms with E-state index in [1.165, 1.54) is 0 Å². The first-order chi connectivity index (χ1) is 11.8. The summed E-state index contributed by atoms with van der Waals surface area (Å²) in [6, 6.07) is 3.52. The molecular formula is C19H27NO5. The molecule has 0 bridgehead atoms. The Morgan fingerprint density at radius 3 is 2.48 bits per heavy atom. The first-order valence-electron chi connectivity index (χ1n) is 8.64. The lowest BCUT2D eigenvalue weighted by Crippen LogP contribution is -2.30. The van der Waals surface area contributed by atoms with E-state index in [2.05, 4.69) is 13.8 Å². The third kappa shape index (κ3) is 5.19. The monoisotopic (exact) mass is 349 g/mol. The summed E-state index contributed by atoms with van der Waals surface area (Å²) in [7, 11) is 0. The maximum absolute atomic E-state index is 12.7. The minimum Gasteiger partial charge on any atom is -0.481 e. The molecule has 25 heavy (non-hydrogen) atoms. The molecule has 1 N–H and O–H groups in total.